The minimum atomic E-state index is -0.491. The van der Waals surface area contributed by atoms with Gasteiger partial charge in [-0.05, 0) is 58.7 Å². The molecule has 0 aliphatic heterocycles. The van der Waals surface area contributed by atoms with Crippen LogP contribution in [0, 0.1) is 24.4 Å². The molecule has 2 rings (SSSR count). The molecule has 0 saturated heterocycles. The summed E-state index contributed by atoms with van der Waals surface area (Å²) >= 11 is 3.08. The molecule has 0 radical (unpaired) electrons. The maximum atomic E-state index is 13.4. The standard InChI is InChI=1S/C14H11BrF3N/c1-8-4-13(18)11(15)6-14(8)19-7-9-5-10(16)2-3-12(9)17/h2-6,19H,7H2,1H3. The van der Waals surface area contributed by atoms with Crippen LogP contribution >= 0.6 is 15.9 Å². The van der Waals surface area contributed by atoms with Gasteiger partial charge in [0, 0.05) is 17.8 Å². The third kappa shape index (κ3) is 3.29. The van der Waals surface area contributed by atoms with Crippen molar-refractivity contribution in [1.29, 1.82) is 0 Å². The van der Waals surface area contributed by atoms with E-state index >= 15 is 0 Å². The average Bonchev–Trinajstić information content (AvgIpc) is 2.36. The van der Waals surface area contributed by atoms with Gasteiger partial charge in [-0.25, -0.2) is 13.2 Å². The molecule has 0 aliphatic carbocycles. The van der Waals surface area contributed by atoms with Gasteiger partial charge in [0.15, 0.2) is 0 Å². The van der Waals surface area contributed by atoms with Crippen LogP contribution in [0.25, 0.3) is 0 Å². The Morgan fingerprint density at radius 1 is 1.05 bits per heavy atom. The van der Waals surface area contributed by atoms with Crippen LogP contribution in [0.5, 0.6) is 0 Å². The van der Waals surface area contributed by atoms with Gasteiger partial charge in [0.05, 0.1) is 4.47 Å². The Labute approximate surface area is 117 Å². The van der Waals surface area contributed by atoms with Crippen molar-refractivity contribution in [2.45, 2.75) is 13.5 Å². The predicted molar refractivity (Wildman–Crippen MR) is 72.5 cm³/mol. The predicted octanol–water partition coefficient (Wildman–Crippen LogP) is 4.79. The largest absolute Gasteiger partial charge is 0.381 e. The minimum Gasteiger partial charge on any atom is -0.381 e. The van der Waals surface area contributed by atoms with E-state index in [-0.39, 0.29) is 17.9 Å². The van der Waals surface area contributed by atoms with Crippen molar-refractivity contribution >= 4 is 21.6 Å². The van der Waals surface area contributed by atoms with Gasteiger partial charge in [-0.15, -0.1) is 0 Å². The van der Waals surface area contributed by atoms with Crippen molar-refractivity contribution in [2.75, 3.05) is 5.32 Å². The second-order valence-corrected chi connectivity index (χ2v) is 5.02. The quantitative estimate of drug-likeness (QED) is 0.853. The highest BCUT2D eigenvalue weighted by molar-refractivity contribution is 9.10. The first-order valence-electron chi connectivity index (χ1n) is 5.61. The summed E-state index contributed by atoms with van der Waals surface area (Å²) in [6, 6.07) is 6.23. The lowest BCUT2D eigenvalue weighted by atomic mass is 10.1. The molecule has 0 atom stereocenters. The summed E-state index contributed by atoms with van der Waals surface area (Å²) in [6.07, 6.45) is 0. The molecule has 0 amide bonds. The van der Waals surface area contributed by atoms with Crippen LogP contribution in [-0.4, -0.2) is 0 Å². The number of aryl methyl sites for hydroxylation is 1. The molecule has 0 saturated carbocycles. The van der Waals surface area contributed by atoms with Gasteiger partial charge in [-0.2, -0.15) is 0 Å². The van der Waals surface area contributed by atoms with Gasteiger partial charge in [0.1, 0.15) is 17.5 Å². The lowest BCUT2D eigenvalue weighted by Gasteiger charge is -2.11. The Hall–Kier alpha value is -1.49. The summed E-state index contributed by atoms with van der Waals surface area (Å²) in [5.41, 5.74) is 1.58. The molecular weight excluding hydrogens is 319 g/mol. The Morgan fingerprint density at radius 3 is 2.53 bits per heavy atom. The van der Waals surface area contributed by atoms with E-state index in [1.807, 2.05) is 0 Å². The van der Waals surface area contributed by atoms with E-state index in [9.17, 15) is 13.2 Å². The van der Waals surface area contributed by atoms with E-state index in [1.54, 1.807) is 13.0 Å². The fraction of sp³-hybridized carbons (Fsp3) is 0.143. The van der Waals surface area contributed by atoms with Gasteiger partial charge < -0.3 is 5.32 Å². The number of hydrogen-bond donors (Lipinski definition) is 1. The first kappa shape index (κ1) is 13.9. The van der Waals surface area contributed by atoms with E-state index in [0.29, 0.717) is 15.7 Å². The number of halogens is 4. The Kier molecular flexibility index (Phi) is 4.14. The van der Waals surface area contributed by atoms with E-state index in [4.69, 9.17) is 0 Å². The van der Waals surface area contributed by atoms with Crippen molar-refractivity contribution in [3.05, 3.63) is 63.4 Å². The Morgan fingerprint density at radius 2 is 1.79 bits per heavy atom. The molecule has 2 aromatic carbocycles. The SMILES string of the molecule is Cc1cc(F)c(Br)cc1NCc1cc(F)ccc1F. The van der Waals surface area contributed by atoms with Crippen LogP contribution in [0.2, 0.25) is 0 Å². The number of rotatable bonds is 3. The van der Waals surface area contributed by atoms with Crippen LogP contribution in [0.4, 0.5) is 18.9 Å². The van der Waals surface area contributed by atoms with Gasteiger partial charge in [-0.3, -0.25) is 0 Å². The van der Waals surface area contributed by atoms with E-state index in [0.717, 1.165) is 18.2 Å². The third-order valence-electron chi connectivity index (χ3n) is 2.74. The van der Waals surface area contributed by atoms with Gasteiger partial charge in [0.2, 0.25) is 0 Å². The topological polar surface area (TPSA) is 12.0 Å². The lowest BCUT2D eigenvalue weighted by Crippen LogP contribution is -2.04. The summed E-state index contributed by atoms with van der Waals surface area (Å²) in [5, 5.41) is 2.96. The molecule has 0 aromatic heterocycles. The molecule has 0 spiro atoms. The minimum absolute atomic E-state index is 0.127. The number of hydrogen-bond acceptors (Lipinski definition) is 1. The van der Waals surface area contributed by atoms with Crippen molar-refractivity contribution < 1.29 is 13.2 Å². The highest BCUT2D eigenvalue weighted by atomic mass is 79.9. The fourth-order valence-electron chi connectivity index (χ4n) is 1.71. The zero-order chi connectivity index (χ0) is 14.0. The molecule has 1 nitrogen and oxygen atoms in total. The first-order chi connectivity index (χ1) is 8.97. The zero-order valence-corrected chi connectivity index (χ0v) is 11.7. The number of nitrogens with one attached hydrogen (secondary N) is 1. The van der Waals surface area contributed by atoms with Crippen molar-refractivity contribution in [3.63, 3.8) is 0 Å². The molecule has 0 bridgehead atoms. The summed E-state index contributed by atoms with van der Waals surface area (Å²) in [4.78, 5) is 0. The second kappa shape index (κ2) is 5.65. The smallest absolute Gasteiger partial charge is 0.137 e. The van der Waals surface area contributed by atoms with Crippen LogP contribution in [0.1, 0.15) is 11.1 Å². The van der Waals surface area contributed by atoms with Crippen molar-refractivity contribution in [2.24, 2.45) is 0 Å². The lowest BCUT2D eigenvalue weighted by molar-refractivity contribution is 0.587. The highest BCUT2D eigenvalue weighted by Crippen LogP contribution is 2.25. The molecular formula is C14H11BrF3N. The molecule has 5 heteroatoms. The van der Waals surface area contributed by atoms with Crippen LogP contribution < -0.4 is 5.32 Å². The number of anilines is 1. The van der Waals surface area contributed by atoms with Gasteiger partial charge in [0.25, 0.3) is 0 Å². The summed E-state index contributed by atoms with van der Waals surface area (Å²) in [6.45, 7) is 1.86. The van der Waals surface area contributed by atoms with Crippen molar-refractivity contribution in [1.82, 2.24) is 0 Å². The molecule has 100 valence electrons. The normalized spacial score (nSPS) is 10.6. The average molecular weight is 330 g/mol. The molecule has 2 aromatic rings. The summed E-state index contributed by atoms with van der Waals surface area (Å²) < 4.78 is 40.0. The fourth-order valence-corrected chi connectivity index (χ4v) is 2.05. The monoisotopic (exact) mass is 329 g/mol. The van der Waals surface area contributed by atoms with E-state index < -0.39 is 11.6 Å². The summed E-state index contributed by atoms with van der Waals surface area (Å²) in [7, 11) is 0. The summed E-state index contributed by atoms with van der Waals surface area (Å²) in [5.74, 6) is -1.33. The highest BCUT2D eigenvalue weighted by Gasteiger charge is 2.07. The van der Waals surface area contributed by atoms with E-state index in [1.165, 1.54) is 6.07 Å². The maximum absolute atomic E-state index is 13.4. The van der Waals surface area contributed by atoms with Crippen molar-refractivity contribution in [3.8, 4) is 0 Å². The van der Waals surface area contributed by atoms with Gasteiger partial charge in [-0.1, -0.05) is 0 Å². The third-order valence-corrected chi connectivity index (χ3v) is 3.35. The Bertz CT molecular complexity index is 614. The molecule has 19 heavy (non-hydrogen) atoms. The van der Waals surface area contributed by atoms with Gasteiger partial charge >= 0.3 is 0 Å². The van der Waals surface area contributed by atoms with Crippen LogP contribution in [0.3, 0.4) is 0 Å². The molecule has 0 fully saturated rings. The second-order valence-electron chi connectivity index (χ2n) is 4.17. The zero-order valence-electron chi connectivity index (χ0n) is 10.1. The molecule has 0 heterocycles. The van der Waals surface area contributed by atoms with Crippen LogP contribution in [-0.2, 0) is 6.54 Å². The Balaban J connectivity index is 2.19. The maximum Gasteiger partial charge on any atom is 0.137 e. The molecule has 0 aliphatic rings. The molecule has 1 N–H and O–H groups in total. The van der Waals surface area contributed by atoms with Crippen LogP contribution in [0.15, 0.2) is 34.8 Å². The number of benzene rings is 2. The first-order valence-corrected chi connectivity index (χ1v) is 6.40. The molecule has 0 unspecified atom stereocenters. The van der Waals surface area contributed by atoms with E-state index in [2.05, 4.69) is 21.2 Å².